The van der Waals surface area contributed by atoms with Crippen LogP contribution in [0.4, 0.5) is 10.1 Å². The number of nitrogens with one attached hydrogen (secondary N) is 1. The minimum Gasteiger partial charge on any atom is -0.377 e. The van der Waals surface area contributed by atoms with Crippen molar-refractivity contribution in [2.45, 2.75) is 13.0 Å². The lowest BCUT2D eigenvalue weighted by molar-refractivity contribution is 0.00359. The highest BCUT2D eigenvalue weighted by atomic mass is 19.1. The first-order valence-electron chi connectivity index (χ1n) is 8.11. The molecular weight excluding hydrogens is 323 g/mol. The Bertz CT molecular complexity index is 776. The van der Waals surface area contributed by atoms with E-state index in [1.165, 1.54) is 18.2 Å². The predicted molar refractivity (Wildman–Crippen MR) is 92.1 cm³/mol. The van der Waals surface area contributed by atoms with Crippen molar-refractivity contribution in [1.82, 2.24) is 4.90 Å². The number of carbonyl (C=O) groups excluding carboxylic acids is 2. The smallest absolute Gasteiger partial charge is 0.258 e. The molecule has 0 bridgehead atoms. The molecule has 3 rings (SSSR count). The van der Waals surface area contributed by atoms with Crippen LogP contribution >= 0.6 is 0 Å². The summed E-state index contributed by atoms with van der Waals surface area (Å²) in [5.41, 5.74) is 1.02. The molecule has 130 valence electrons. The Balaban J connectivity index is 1.69. The molecule has 6 heteroatoms. The zero-order valence-corrected chi connectivity index (χ0v) is 13.9. The van der Waals surface area contributed by atoms with E-state index in [0.717, 1.165) is 0 Å². The zero-order valence-electron chi connectivity index (χ0n) is 13.9. The molecule has 1 aliphatic heterocycles. The number of hydrogen-bond donors (Lipinski definition) is 1. The summed E-state index contributed by atoms with van der Waals surface area (Å²) >= 11 is 0. The van der Waals surface area contributed by atoms with Gasteiger partial charge in [0.25, 0.3) is 11.8 Å². The number of ether oxygens (including phenoxy) is 1. The number of anilines is 1. The first-order chi connectivity index (χ1) is 12.1. The molecule has 2 aromatic carbocycles. The molecule has 1 heterocycles. The highest BCUT2D eigenvalue weighted by molar-refractivity contribution is 6.04. The molecule has 1 aliphatic rings. The molecule has 1 atom stereocenters. The van der Waals surface area contributed by atoms with Gasteiger partial charge in [-0.05, 0) is 43.3 Å². The zero-order chi connectivity index (χ0) is 17.8. The number of morpholine rings is 1. The van der Waals surface area contributed by atoms with Gasteiger partial charge in [0.2, 0.25) is 0 Å². The SMILES string of the molecule is CC1COCCN1C(=O)c1ccc(NC(=O)c2ccccc2F)cc1. The van der Waals surface area contributed by atoms with Crippen LogP contribution in [0, 0.1) is 5.82 Å². The van der Waals surface area contributed by atoms with Crippen molar-refractivity contribution >= 4 is 17.5 Å². The Morgan fingerprint density at radius 1 is 1.16 bits per heavy atom. The minimum atomic E-state index is -0.576. The van der Waals surface area contributed by atoms with E-state index < -0.39 is 11.7 Å². The van der Waals surface area contributed by atoms with Gasteiger partial charge in [0.1, 0.15) is 5.82 Å². The predicted octanol–water partition coefficient (Wildman–Crippen LogP) is 2.94. The highest BCUT2D eigenvalue weighted by Crippen LogP contribution is 2.16. The van der Waals surface area contributed by atoms with Crippen molar-refractivity contribution in [3.63, 3.8) is 0 Å². The number of benzene rings is 2. The van der Waals surface area contributed by atoms with Gasteiger partial charge < -0.3 is 15.0 Å². The lowest BCUT2D eigenvalue weighted by atomic mass is 10.1. The van der Waals surface area contributed by atoms with Crippen molar-refractivity contribution < 1.29 is 18.7 Å². The second-order valence-electron chi connectivity index (χ2n) is 5.93. The van der Waals surface area contributed by atoms with E-state index in [9.17, 15) is 14.0 Å². The van der Waals surface area contributed by atoms with Crippen LogP contribution in [0.15, 0.2) is 48.5 Å². The van der Waals surface area contributed by atoms with Gasteiger partial charge in [0.15, 0.2) is 0 Å². The number of rotatable bonds is 3. The lowest BCUT2D eigenvalue weighted by Gasteiger charge is -2.33. The maximum Gasteiger partial charge on any atom is 0.258 e. The highest BCUT2D eigenvalue weighted by Gasteiger charge is 2.24. The second-order valence-corrected chi connectivity index (χ2v) is 5.93. The summed E-state index contributed by atoms with van der Waals surface area (Å²) in [5.74, 6) is -1.17. The third kappa shape index (κ3) is 3.85. The molecule has 1 fully saturated rings. The van der Waals surface area contributed by atoms with E-state index >= 15 is 0 Å². The van der Waals surface area contributed by atoms with Crippen molar-refractivity contribution in [3.05, 3.63) is 65.5 Å². The van der Waals surface area contributed by atoms with Gasteiger partial charge in [0.05, 0.1) is 24.8 Å². The quantitative estimate of drug-likeness (QED) is 0.933. The van der Waals surface area contributed by atoms with E-state index in [2.05, 4.69) is 5.32 Å². The normalized spacial score (nSPS) is 17.2. The van der Waals surface area contributed by atoms with Crippen LogP contribution < -0.4 is 5.32 Å². The van der Waals surface area contributed by atoms with Gasteiger partial charge in [-0.1, -0.05) is 12.1 Å². The van der Waals surface area contributed by atoms with Gasteiger partial charge in [0, 0.05) is 17.8 Å². The minimum absolute atomic E-state index is 0.0233. The molecule has 5 nitrogen and oxygen atoms in total. The number of carbonyl (C=O) groups is 2. The molecule has 2 amide bonds. The van der Waals surface area contributed by atoms with Crippen LogP contribution in [0.5, 0.6) is 0 Å². The van der Waals surface area contributed by atoms with E-state index in [1.54, 1.807) is 35.2 Å². The molecule has 2 aromatic rings. The average molecular weight is 342 g/mol. The number of amides is 2. The van der Waals surface area contributed by atoms with Crippen molar-refractivity contribution in [2.75, 3.05) is 25.1 Å². The van der Waals surface area contributed by atoms with E-state index in [0.29, 0.717) is 31.0 Å². The standard InChI is InChI=1S/C19H19FN2O3/c1-13-12-25-11-10-22(13)19(24)14-6-8-15(9-7-14)21-18(23)16-4-2-3-5-17(16)20/h2-9,13H,10-12H2,1H3,(H,21,23). The average Bonchev–Trinajstić information content (AvgIpc) is 2.62. The summed E-state index contributed by atoms with van der Waals surface area (Å²) in [5, 5.41) is 2.63. The van der Waals surface area contributed by atoms with Crippen LogP contribution in [0.25, 0.3) is 0 Å². The lowest BCUT2D eigenvalue weighted by Crippen LogP contribution is -2.47. The van der Waals surface area contributed by atoms with Crippen LogP contribution in [0.2, 0.25) is 0 Å². The monoisotopic (exact) mass is 342 g/mol. The van der Waals surface area contributed by atoms with Crippen molar-refractivity contribution in [2.24, 2.45) is 0 Å². The Morgan fingerprint density at radius 3 is 2.56 bits per heavy atom. The van der Waals surface area contributed by atoms with Gasteiger partial charge >= 0.3 is 0 Å². The Morgan fingerprint density at radius 2 is 1.88 bits per heavy atom. The molecule has 0 aliphatic carbocycles. The third-order valence-electron chi connectivity index (χ3n) is 4.14. The summed E-state index contributed by atoms with van der Waals surface area (Å²) < 4.78 is 19.0. The fourth-order valence-electron chi connectivity index (χ4n) is 2.73. The topological polar surface area (TPSA) is 58.6 Å². The summed E-state index contributed by atoms with van der Waals surface area (Å²) in [7, 11) is 0. The van der Waals surface area contributed by atoms with Gasteiger partial charge in [-0.2, -0.15) is 0 Å². The summed E-state index contributed by atoms with van der Waals surface area (Å²) in [6.07, 6.45) is 0. The number of nitrogens with zero attached hydrogens (tertiary/aromatic N) is 1. The largest absolute Gasteiger partial charge is 0.377 e. The number of hydrogen-bond acceptors (Lipinski definition) is 3. The fraction of sp³-hybridized carbons (Fsp3) is 0.263. The second kappa shape index (κ2) is 7.44. The molecule has 0 saturated carbocycles. The first-order valence-corrected chi connectivity index (χ1v) is 8.11. The Kier molecular flexibility index (Phi) is 5.09. The first kappa shape index (κ1) is 17.1. The van der Waals surface area contributed by atoms with E-state index in [4.69, 9.17) is 4.74 Å². The molecular formula is C19H19FN2O3. The van der Waals surface area contributed by atoms with Gasteiger partial charge in [-0.3, -0.25) is 9.59 Å². The maximum absolute atomic E-state index is 13.6. The fourth-order valence-corrected chi connectivity index (χ4v) is 2.73. The van der Waals surface area contributed by atoms with E-state index in [-0.39, 0.29) is 17.5 Å². The van der Waals surface area contributed by atoms with Crippen LogP contribution in [-0.2, 0) is 4.74 Å². The van der Waals surface area contributed by atoms with Crippen molar-refractivity contribution in [3.8, 4) is 0 Å². The molecule has 1 saturated heterocycles. The number of halogens is 1. The van der Waals surface area contributed by atoms with Crippen LogP contribution in [-0.4, -0.2) is 42.5 Å². The Labute approximate surface area is 145 Å². The molecule has 1 unspecified atom stereocenters. The summed E-state index contributed by atoms with van der Waals surface area (Å²) in [4.78, 5) is 26.4. The molecule has 0 radical (unpaired) electrons. The van der Waals surface area contributed by atoms with Gasteiger partial charge in [-0.15, -0.1) is 0 Å². The molecule has 1 N–H and O–H groups in total. The van der Waals surface area contributed by atoms with Gasteiger partial charge in [-0.25, -0.2) is 4.39 Å². The molecule has 0 aromatic heterocycles. The molecule has 0 spiro atoms. The van der Waals surface area contributed by atoms with E-state index in [1.807, 2.05) is 6.92 Å². The van der Waals surface area contributed by atoms with Crippen LogP contribution in [0.1, 0.15) is 27.6 Å². The molecule has 25 heavy (non-hydrogen) atoms. The maximum atomic E-state index is 13.6. The third-order valence-corrected chi connectivity index (χ3v) is 4.14. The summed E-state index contributed by atoms with van der Waals surface area (Å²) in [6.45, 7) is 3.57. The van der Waals surface area contributed by atoms with Crippen LogP contribution in [0.3, 0.4) is 0 Å². The Hall–Kier alpha value is -2.73. The van der Waals surface area contributed by atoms with Crippen molar-refractivity contribution in [1.29, 1.82) is 0 Å². The summed E-state index contributed by atoms with van der Waals surface area (Å²) in [6, 6.07) is 12.4.